The number of piperidine rings is 1. The molecule has 2 amide bonds. The molecule has 2 aliphatic heterocycles. The smallest absolute Gasteiger partial charge is 0.259 e. The number of piperazine rings is 1. The summed E-state index contributed by atoms with van der Waals surface area (Å²) in [6.07, 6.45) is 2.26. The Balaban J connectivity index is 1.35. The second kappa shape index (κ2) is 10.7. The van der Waals surface area contributed by atoms with E-state index in [1.54, 1.807) is 23.1 Å². The van der Waals surface area contributed by atoms with Gasteiger partial charge in [0.15, 0.2) is 0 Å². The van der Waals surface area contributed by atoms with Crippen molar-refractivity contribution in [3.63, 3.8) is 0 Å². The van der Waals surface area contributed by atoms with Gasteiger partial charge < -0.3 is 24.2 Å². The van der Waals surface area contributed by atoms with Crippen LogP contribution in [-0.2, 0) is 4.79 Å². The number of hydrogen-bond acceptors (Lipinski definition) is 5. The third-order valence-corrected chi connectivity index (χ3v) is 6.89. The van der Waals surface area contributed by atoms with Crippen LogP contribution in [0.2, 0.25) is 5.02 Å². The first-order chi connectivity index (χ1) is 16.4. The number of benzene rings is 2. The van der Waals surface area contributed by atoms with E-state index in [1.807, 2.05) is 24.3 Å². The standard InChI is InChI=1S/C26H32ClN3O4/c1-18(2)28-13-11-21(12-14-28)34-20-9-7-19(8-10-20)30-16-15-29(17-24(30)31)26(32)25-22(27)5-4-6-23(25)33-3/h4-10,18,21H,11-17H2,1-3H3. The molecule has 2 heterocycles. The van der Waals surface area contributed by atoms with Crippen molar-refractivity contribution in [1.82, 2.24) is 9.80 Å². The summed E-state index contributed by atoms with van der Waals surface area (Å²) in [6, 6.07) is 13.3. The Morgan fingerprint density at radius 3 is 2.35 bits per heavy atom. The molecule has 2 fully saturated rings. The number of carbonyl (C=O) groups excluding carboxylic acids is 2. The van der Waals surface area contributed by atoms with Gasteiger partial charge in [0.1, 0.15) is 29.7 Å². The summed E-state index contributed by atoms with van der Waals surface area (Å²) in [4.78, 5) is 31.6. The molecule has 0 aromatic heterocycles. The van der Waals surface area contributed by atoms with E-state index >= 15 is 0 Å². The maximum Gasteiger partial charge on any atom is 0.259 e. The summed E-state index contributed by atoms with van der Waals surface area (Å²) in [7, 11) is 1.49. The number of anilines is 1. The fourth-order valence-electron chi connectivity index (χ4n) is 4.57. The van der Waals surface area contributed by atoms with Crippen LogP contribution in [-0.4, -0.2) is 73.6 Å². The Morgan fingerprint density at radius 1 is 1.03 bits per heavy atom. The summed E-state index contributed by atoms with van der Waals surface area (Å²) in [6.45, 7) is 7.36. The van der Waals surface area contributed by atoms with Gasteiger partial charge in [-0.3, -0.25) is 9.59 Å². The third-order valence-electron chi connectivity index (χ3n) is 6.58. The highest BCUT2D eigenvalue weighted by Gasteiger charge is 2.31. The Morgan fingerprint density at radius 2 is 1.74 bits per heavy atom. The fourth-order valence-corrected chi connectivity index (χ4v) is 4.81. The van der Waals surface area contributed by atoms with Crippen LogP contribution < -0.4 is 14.4 Å². The van der Waals surface area contributed by atoms with Crippen molar-refractivity contribution in [3.8, 4) is 11.5 Å². The minimum absolute atomic E-state index is 0.0140. The zero-order chi connectivity index (χ0) is 24.2. The molecule has 2 saturated heterocycles. The van der Waals surface area contributed by atoms with E-state index in [0.29, 0.717) is 29.9 Å². The number of likely N-dealkylation sites (tertiary alicyclic amines) is 1. The highest BCUT2D eigenvalue weighted by Crippen LogP contribution is 2.29. The number of ether oxygens (including phenoxy) is 2. The predicted molar refractivity (Wildman–Crippen MR) is 133 cm³/mol. The van der Waals surface area contributed by atoms with Crippen molar-refractivity contribution < 1.29 is 19.1 Å². The first-order valence-corrected chi connectivity index (χ1v) is 12.2. The van der Waals surface area contributed by atoms with Crippen LogP contribution in [0.3, 0.4) is 0 Å². The van der Waals surface area contributed by atoms with E-state index in [1.165, 1.54) is 12.0 Å². The molecule has 0 atom stereocenters. The first kappa shape index (κ1) is 24.4. The van der Waals surface area contributed by atoms with Gasteiger partial charge in [0.25, 0.3) is 5.91 Å². The van der Waals surface area contributed by atoms with Crippen molar-refractivity contribution >= 4 is 29.1 Å². The SMILES string of the molecule is COc1cccc(Cl)c1C(=O)N1CCN(c2ccc(OC3CCN(C(C)C)CC3)cc2)C(=O)C1. The molecule has 2 aromatic carbocycles. The number of rotatable bonds is 6. The summed E-state index contributed by atoms with van der Waals surface area (Å²) in [5.74, 6) is 0.778. The number of hydrogen-bond donors (Lipinski definition) is 0. The molecular weight excluding hydrogens is 454 g/mol. The van der Waals surface area contributed by atoms with Gasteiger partial charge in [-0.05, 0) is 63.1 Å². The van der Waals surface area contributed by atoms with Crippen LogP contribution in [0.4, 0.5) is 5.69 Å². The van der Waals surface area contributed by atoms with Crippen LogP contribution in [0.5, 0.6) is 11.5 Å². The van der Waals surface area contributed by atoms with Gasteiger partial charge in [-0.15, -0.1) is 0 Å². The van der Waals surface area contributed by atoms with Crippen molar-refractivity contribution in [2.24, 2.45) is 0 Å². The zero-order valence-corrected chi connectivity index (χ0v) is 20.8. The maximum absolute atomic E-state index is 13.1. The lowest BCUT2D eigenvalue weighted by Gasteiger charge is -2.35. The van der Waals surface area contributed by atoms with E-state index in [0.717, 1.165) is 37.4 Å². The summed E-state index contributed by atoms with van der Waals surface area (Å²) >= 11 is 6.25. The predicted octanol–water partition coefficient (Wildman–Crippen LogP) is 4.09. The van der Waals surface area contributed by atoms with Crippen LogP contribution >= 0.6 is 11.6 Å². The Labute approximate surface area is 206 Å². The minimum Gasteiger partial charge on any atom is -0.496 e. The van der Waals surface area contributed by atoms with E-state index in [4.69, 9.17) is 21.1 Å². The molecule has 182 valence electrons. The minimum atomic E-state index is -0.303. The lowest BCUT2D eigenvalue weighted by atomic mass is 10.1. The molecular formula is C26H32ClN3O4. The van der Waals surface area contributed by atoms with Gasteiger partial charge in [-0.2, -0.15) is 0 Å². The van der Waals surface area contributed by atoms with Gasteiger partial charge in [-0.1, -0.05) is 17.7 Å². The van der Waals surface area contributed by atoms with Gasteiger partial charge in [0.05, 0.1) is 12.1 Å². The Kier molecular flexibility index (Phi) is 7.63. The normalized spacial score (nSPS) is 17.9. The van der Waals surface area contributed by atoms with Crippen LogP contribution in [0.1, 0.15) is 37.0 Å². The maximum atomic E-state index is 13.1. The molecule has 2 aromatic rings. The quantitative estimate of drug-likeness (QED) is 0.616. The molecule has 0 bridgehead atoms. The average molecular weight is 486 g/mol. The van der Waals surface area contributed by atoms with E-state index in [-0.39, 0.29) is 30.0 Å². The number of nitrogens with zero attached hydrogens (tertiary/aromatic N) is 3. The van der Waals surface area contributed by atoms with Gasteiger partial charge in [0, 0.05) is 37.9 Å². The second-order valence-electron chi connectivity index (χ2n) is 9.03. The fraction of sp³-hybridized carbons (Fsp3) is 0.462. The molecule has 2 aliphatic rings. The van der Waals surface area contributed by atoms with Gasteiger partial charge in [-0.25, -0.2) is 0 Å². The van der Waals surface area contributed by atoms with Crippen LogP contribution in [0.15, 0.2) is 42.5 Å². The lowest BCUT2D eigenvalue weighted by molar-refractivity contribution is -0.120. The molecule has 8 heteroatoms. The van der Waals surface area contributed by atoms with Gasteiger partial charge >= 0.3 is 0 Å². The molecule has 4 rings (SSSR count). The lowest BCUT2D eigenvalue weighted by Crippen LogP contribution is -2.52. The molecule has 0 N–H and O–H groups in total. The molecule has 0 radical (unpaired) electrons. The van der Waals surface area contributed by atoms with Crippen molar-refractivity contribution in [1.29, 1.82) is 0 Å². The number of amides is 2. The largest absolute Gasteiger partial charge is 0.496 e. The third kappa shape index (κ3) is 5.31. The molecule has 34 heavy (non-hydrogen) atoms. The number of carbonyl (C=O) groups is 2. The van der Waals surface area contributed by atoms with Crippen LogP contribution in [0.25, 0.3) is 0 Å². The summed E-state index contributed by atoms with van der Waals surface area (Å²) in [5, 5.41) is 0.310. The molecule has 0 unspecified atom stereocenters. The first-order valence-electron chi connectivity index (χ1n) is 11.8. The number of methoxy groups -OCH3 is 1. The average Bonchev–Trinajstić information content (AvgIpc) is 2.84. The topological polar surface area (TPSA) is 62.3 Å². The van der Waals surface area contributed by atoms with E-state index in [9.17, 15) is 9.59 Å². The molecule has 0 spiro atoms. The molecule has 0 aliphatic carbocycles. The zero-order valence-electron chi connectivity index (χ0n) is 20.0. The Bertz CT molecular complexity index is 1020. The van der Waals surface area contributed by atoms with Crippen molar-refractivity contribution in [2.45, 2.75) is 38.8 Å². The van der Waals surface area contributed by atoms with Crippen molar-refractivity contribution in [2.75, 3.05) is 44.7 Å². The van der Waals surface area contributed by atoms with Gasteiger partial charge in [0.2, 0.25) is 5.91 Å². The summed E-state index contributed by atoms with van der Waals surface area (Å²) in [5.41, 5.74) is 1.09. The molecule has 0 saturated carbocycles. The monoisotopic (exact) mass is 485 g/mol. The highest BCUT2D eigenvalue weighted by atomic mass is 35.5. The van der Waals surface area contributed by atoms with Crippen LogP contribution in [0, 0.1) is 0 Å². The highest BCUT2D eigenvalue weighted by molar-refractivity contribution is 6.34. The van der Waals surface area contributed by atoms with Crippen molar-refractivity contribution in [3.05, 3.63) is 53.1 Å². The number of halogens is 1. The Hall–Kier alpha value is -2.77. The summed E-state index contributed by atoms with van der Waals surface area (Å²) < 4.78 is 11.5. The molecule has 7 nitrogen and oxygen atoms in total. The van der Waals surface area contributed by atoms with E-state index < -0.39 is 0 Å². The second-order valence-corrected chi connectivity index (χ2v) is 9.44. The van der Waals surface area contributed by atoms with E-state index in [2.05, 4.69) is 18.7 Å².